The minimum absolute atomic E-state index is 0. The summed E-state index contributed by atoms with van der Waals surface area (Å²) in [5.41, 5.74) is 1.44. The summed E-state index contributed by atoms with van der Waals surface area (Å²) in [4.78, 5) is 0. The Bertz CT molecular complexity index is 374. The van der Waals surface area contributed by atoms with Gasteiger partial charge in [0.1, 0.15) is 0 Å². The van der Waals surface area contributed by atoms with Gasteiger partial charge in [0.15, 0.2) is 0 Å². The minimum atomic E-state index is -11.2. The van der Waals surface area contributed by atoms with Gasteiger partial charge in [-0.25, -0.2) is 0 Å². The zero-order valence-corrected chi connectivity index (χ0v) is 14.4. The molecule has 0 aliphatic heterocycles. The van der Waals surface area contributed by atoms with E-state index in [1.54, 1.807) is 0 Å². The predicted octanol–water partition coefficient (Wildman–Crippen LogP) is 5.74. The smallest absolute Gasteiger partial charge is 1.00 e. The van der Waals surface area contributed by atoms with Gasteiger partial charge < -0.3 is 0 Å². The molecule has 0 bridgehead atoms. The molecule has 0 saturated heterocycles. The molecule has 0 saturated carbocycles. The third kappa shape index (κ3) is 18.7. The molecule has 1 aromatic carbocycles. The molecular weight excluding hydrogens is 483 g/mol. The molecule has 8 heteroatoms. The summed E-state index contributed by atoms with van der Waals surface area (Å²) in [7, 11) is 0. The summed E-state index contributed by atoms with van der Waals surface area (Å²) in [6.07, 6.45) is 1.19. The van der Waals surface area contributed by atoms with Crippen molar-refractivity contribution in [2.24, 2.45) is 5.92 Å². The van der Waals surface area contributed by atoms with E-state index in [9.17, 15) is 16.9 Å². The molecule has 1 rings (SSSR count). The van der Waals surface area contributed by atoms with Crippen LogP contribution in [0, 0.1) is 9.49 Å². The average molecular weight is 497 g/mol. The normalized spacial score (nSPS) is 15.4. The SMILES string of the molecule is CC(C)Cc1ccc(I)cc1.[F][Sb-]([F])([F])([F])([F])[F].[H+]. The van der Waals surface area contributed by atoms with E-state index in [4.69, 9.17) is 0 Å². The van der Waals surface area contributed by atoms with E-state index in [2.05, 4.69) is 60.7 Å². The molecule has 0 spiro atoms. The first-order valence-electron chi connectivity index (χ1n) is 4.94. The molecule has 108 valence electrons. The summed E-state index contributed by atoms with van der Waals surface area (Å²) >= 11 is -8.92. The fraction of sp³-hybridized carbons (Fsp3) is 0.400. The van der Waals surface area contributed by atoms with Gasteiger partial charge in [0.05, 0.1) is 0 Å². The summed E-state index contributed by atoms with van der Waals surface area (Å²) in [6.45, 7) is 4.50. The first-order valence-corrected chi connectivity index (χ1v) is 11.8. The molecular formula is C10H14F6ISb. The van der Waals surface area contributed by atoms with Crippen LogP contribution in [0.4, 0.5) is 16.9 Å². The summed E-state index contributed by atoms with van der Waals surface area (Å²) in [5.74, 6) is 0.759. The van der Waals surface area contributed by atoms with Gasteiger partial charge >= 0.3 is 37.8 Å². The van der Waals surface area contributed by atoms with E-state index in [0.29, 0.717) is 0 Å². The number of hydrogen-bond donors (Lipinski definition) is 0. The second-order valence-electron chi connectivity index (χ2n) is 4.18. The number of rotatable bonds is 2. The van der Waals surface area contributed by atoms with Crippen molar-refractivity contribution in [3.63, 3.8) is 0 Å². The van der Waals surface area contributed by atoms with E-state index in [1.165, 1.54) is 15.6 Å². The van der Waals surface area contributed by atoms with Gasteiger partial charge in [-0.05, 0) is 52.6 Å². The fourth-order valence-corrected chi connectivity index (χ4v) is 1.45. The molecule has 0 aliphatic carbocycles. The molecule has 0 atom stereocenters. The second kappa shape index (κ2) is 5.38. The number of halogens is 7. The fourth-order valence-electron chi connectivity index (χ4n) is 1.09. The Morgan fingerprint density at radius 1 is 1.00 bits per heavy atom. The van der Waals surface area contributed by atoms with Crippen molar-refractivity contribution in [3.05, 3.63) is 33.4 Å². The molecule has 0 aromatic heterocycles. The Labute approximate surface area is 119 Å². The van der Waals surface area contributed by atoms with Crippen molar-refractivity contribution in [2.45, 2.75) is 20.3 Å². The van der Waals surface area contributed by atoms with Crippen LogP contribution >= 0.6 is 22.6 Å². The van der Waals surface area contributed by atoms with Gasteiger partial charge in [0, 0.05) is 3.57 Å². The predicted molar refractivity (Wildman–Crippen MR) is 71.2 cm³/mol. The van der Waals surface area contributed by atoms with Crippen LogP contribution in [0.25, 0.3) is 0 Å². The van der Waals surface area contributed by atoms with E-state index in [0.717, 1.165) is 5.92 Å². The summed E-state index contributed by atoms with van der Waals surface area (Å²) in [6, 6.07) is 8.75. The van der Waals surface area contributed by atoms with E-state index in [-0.39, 0.29) is 1.43 Å². The van der Waals surface area contributed by atoms with Gasteiger partial charge in [0.25, 0.3) is 0 Å². The third-order valence-electron chi connectivity index (χ3n) is 1.56. The van der Waals surface area contributed by atoms with Crippen molar-refractivity contribution >= 4 is 42.1 Å². The molecule has 0 unspecified atom stereocenters. The standard InChI is InChI=1S/C10H13I.6FH.Sb/c1-8(2)7-9-3-5-10(11)6-4-9;;;;;;;/h3-6,8H,7H2,1-2H3;6*1H;/q;;;;;;;+5/p-5. The average Bonchev–Trinajstić information content (AvgIpc) is 2.02. The van der Waals surface area contributed by atoms with Crippen LogP contribution in [0.1, 0.15) is 20.8 Å². The second-order valence-corrected chi connectivity index (χ2v) is 10.9. The van der Waals surface area contributed by atoms with Crippen LogP contribution in [0.2, 0.25) is 0 Å². The van der Waals surface area contributed by atoms with E-state index in [1.807, 2.05) is 0 Å². The van der Waals surface area contributed by atoms with Crippen molar-refractivity contribution in [3.8, 4) is 0 Å². The third-order valence-corrected chi connectivity index (χ3v) is 2.28. The van der Waals surface area contributed by atoms with Crippen molar-refractivity contribution in [2.75, 3.05) is 0 Å². The maximum atomic E-state index is 9.93. The monoisotopic (exact) mass is 496 g/mol. The van der Waals surface area contributed by atoms with E-state index >= 15 is 0 Å². The van der Waals surface area contributed by atoms with Crippen molar-refractivity contribution < 1.29 is 18.3 Å². The van der Waals surface area contributed by atoms with Crippen LogP contribution < -0.4 is 0 Å². The molecule has 0 nitrogen and oxygen atoms in total. The zero-order valence-electron chi connectivity index (χ0n) is 10.7. The number of hydrogen-bond acceptors (Lipinski definition) is 0. The molecule has 0 heterocycles. The largest absolute Gasteiger partial charge is 1.00 e. The Kier molecular flexibility index (Phi) is 5.49. The zero-order chi connectivity index (χ0) is 14.7. The maximum absolute atomic E-state index is 11.2. The topological polar surface area (TPSA) is 0 Å². The summed E-state index contributed by atoms with van der Waals surface area (Å²) in [5, 5.41) is 0. The van der Waals surface area contributed by atoms with Crippen LogP contribution in [-0.4, -0.2) is 19.5 Å². The van der Waals surface area contributed by atoms with Crippen molar-refractivity contribution in [1.29, 1.82) is 0 Å². The first kappa shape index (κ1) is 18.3. The maximum Gasteiger partial charge on any atom is 1.00 e. The Morgan fingerprint density at radius 2 is 1.33 bits per heavy atom. The molecule has 0 aliphatic rings. The number of benzene rings is 1. The molecule has 0 fully saturated rings. The van der Waals surface area contributed by atoms with Crippen LogP contribution in [0.5, 0.6) is 0 Å². The molecule has 0 amide bonds. The Morgan fingerprint density at radius 3 is 1.61 bits per heavy atom. The molecule has 18 heavy (non-hydrogen) atoms. The minimum Gasteiger partial charge on any atom is 1.00 e. The van der Waals surface area contributed by atoms with Crippen LogP contribution in [-0.2, 0) is 6.42 Å². The Balaban J connectivity index is 0. The first-order chi connectivity index (χ1) is 7.63. The van der Waals surface area contributed by atoms with Crippen LogP contribution in [0.15, 0.2) is 24.3 Å². The molecule has 0 radical (unpaired) electrons. The Hall–Kier alpha value is 0.348. The molecule has 0 N–H and O–H groups in total. The quantitative estimate of drug-likeness (QED) is 0.278. The van der Waals surface area contributed by atoms with Crippen LogP contribution in [0.3, 0.4) is 0 Å². The van der Waals surface area contributed by atoms with E-state index < -0.39 is 19.5 Å². The van der Waals surface area contributed by atoms with Gasteiger partial charge in [-0.2, -0.15) is 0 Å². The van der Waals surface area contributed by atoms with Gasteiger partial charge in [-0.1, -0.05) is 26.0 Å². The van der Waals surface area contributed by atoms with Gasteiger partial charge in [-0.3, -0.25) is 0 Å². The van der Waals surface area contributed by atoms with Crippen molar-refractivity contribution in [1.82, 2.24) is 0 Å². The van der Waals surface area contributed by atoms with Gasteiger partial charge in [0.2, 0.25) is 0 Å². The van der Waals surface area contributed by atoms with Gasteiger partial charge in [-0.15, -0.1) is 0 Å². The summed E-state index contributed by atoms with van der Waals surface area (Å²) < 4.78 is 60.9. The molecule has 1 aromatic rings.